The Labute approximate surface area is 193 Å². The Morgan fingerprint density at radius 1 is 1.21 bits per heavy atom. The highest BCUT2D eigenvalue weighted by Crippen LogP contribution is 2.37. The molecule has 0 radical (unpaired) electrons. The molecule has 1 saturated heterocycles. The molecular weight excluding hydrogens is 418 g/mol. The van der Waals surface area contributed by atoms with Crippen molar-refractivity contribution in [3.8, 4) is 11.3 Å². The molecule has 2 fully saturated rings. The number of ether oxygens (including phenoxy) is 1. The van der Waals surface area contributed by atoms with Gasteiger partial charge in [0.25, 0.3) is 0 Å². The molecule has 1 N–H and O–H groups in total. The van der Waals surface area contributed by atoms with Gasteiger partial charge in [0.05, 0.1) is 35.2 Å². The number of aliphatic hydroxyl groups is 1. The quantitative estimate of drug-likeness (QED) is 0.633. The Morgan fingerprint density at radius 3 is 2.73 bits per heavy atom. The standard InChI is InChI=1S/C25H31N5O3/c1-25(2,3)33-24(32)29-7-6-19(29)8-16-4-5-21-22(11-16)28-23(13-26-21)18-12-27-30(14-18)20-9-17(10-20)15-31/h4-5,11-14,17,19-20,31H,6-10,15H2,1-3H3. The van der Waals surface area contributed by atoms with Crippen molar-refractivity contribution in [3.63, 3.8) is 0 Å². The number of aromatic nitrogens is 4. The number of fused-ring (bicyclic) bond motifs is 1. The summed E-state index contributed by atoms with van der Waals surface area (Å²) in [6.07, 6.45) is 9.07. The molecule has 0 bridgehead atoms. The normalized spacial score (nSPS) is 22.7. The third-order valence-corrected chi connectivity index (χ3v) is 6.59. The average Bonchev–Trinajstić information content (AvgIpc) is 3.18. The topological polar surface area (TPSA) is 93.4 Å². The summed E-state index contributed by atoms with van der Waals surface area (Å²) in [6.45, 7) is 6.66. The Hall–Kier alpha value is -3.00. The van der Waals surface area contributed by atoms with Gasteiger partial charge in [-0.3, -0.25) is 9.67 Å². The molecule has 1 aromatic carbocycles. The molecule has 3 heterocycles. The van der Waals surface area contributed by atoms with Crippen molar-refractivity contribution < 1.29 is 14.6 Å². The monoisotopic (exact) mass is 449 g/mol. The van der Waals surface area contributed by atoms with Crippen LogP contribution in [-0.2, 0) is 11.2 Å². The van der Waals surface area contributed by atoms with Crippen LogP contribution in [0.5, 0.6) is 0 Å². The molecule has 1 amide bonds. The first-order chi connectivity index (χ1) is 15.8. The highest BCUT2D eigenvalue weighted by Gasteiger charge is 2.35. The molecule has 5 rings (SSSR count). The molecule has 1 aliphatic heterocycles. The average molecular weight is 450 g/mol. The Balaban J connectivity index is 1.30. The summed E-state index contributed by atoms with van der Waals surface area (Å²) >= 11 is 0. The minimum Gasteiger partial charge on any atom is -0.444 e. The maximum Gasteiger partial charge on any atom is 0.410 e. The molecular formula is C25H31N5O3. The van der Waals surface area contributed by atoms with Gasteiger partial charge >= 0.3 is 6.09 Å². The van der Waals surface area contributed by atoms with Crippen LogP contribution in [0.15, 0.2) is 36.8 Å². The lowest BCUT2D eigenvalue weighted by Gasteiger charge is -2.41. The van der Waals surface area contributed by atoms with Crippen LogP contribution in [0.4, 0.5) is 4.79 Å². The smallest absolute Gasteiger partial charge is 0.410 e. The summed E-state index contributed by atoms with van der Waals surface area (Å²) < 4.78 is 7.51. The van der Waals surface area contributed by atoms with Gasteiger partial charge in [0.2, 0.25) is 0 Å². The number of likely N-dealkylation sites (tertiary alicyclic amines) is 1. The van der Waals surface area contributed by atoms with E-state index in [4.69, 9.17) is 9.72 Å². The Bertz CT molecular complexity index is 1160. The number of aliphatic hydroxyl groups excluding tert-OH is 1. The van der Waals surface area contributed by atoms with Crippen LogP contribution in [0.1, 0.15) is 51.6 Å². The third kappa shape index (κ3) is 4.57. The van der Waals surface area contributed by atoms with Gasteiger partial charge in [-0.05, 0) is 70.1 Å². The zero-order chi connectivity index (χ0) is 23.2. The van der Waals surface area contributed by atoms with Crippen molar-refractivity contribution >= 4 is 17.1 Å². The molecule has 3 aromatic rings. The van der Waals surface area contributed by atoms with E-state index in [0.717, 1.165) is 60.1 Å². The van der Waals surface area contributed by atoms with E-state index in [-0.39, 0.29) is 18.7 Å². The number of carbonyl (C=O) groups is 1. The van der Waals surface area contributed by atoms with Gasteiger partial charge in [0.1, 0.15) is 5.60 Å². The highest BCUT2D eigenvalue weighted by atomic mass is 16.6. The summed E-state index contributed by atoms with van der Waals surface area (Å²) in [4.78, 5) is 23.7. The van der Waals surface area contributed by atoms with Crippen LogP contribution in [0.3, 0.4) is 0 Å². The van der Waals surface area contributed by atoms with E-state index < -0.39 is 5.60 Å². The number of rotatable bonds is 5. The summed E-state index contributed by atoms with van der Waals surface area (Å²) in [5.74, 6) is 0.392. The van der Waals surface area contributed by atoms with Gasteiger partial charge < -0.3 is 14.7 Å². The third-order valence-electron chi connectivity index (χ3n) is 6.59. The first kappa shape index (κ1) is 21.8. The summed E-state index contributed by atoms with van der Waals surface area (Å²) in [6, 6.07) is 6.63. The van der Waals surface area contributed by atoms with Crippen molar-refractivity contribution in [1.29, 1.82) is 0 Å². The van der Waals surface area contributed by atoms with Gasteiger partial charge in [-0.2, -0.15) is 5.10 Å². The van der Waals surface area contributed by atoms with E-state index in [1.165, 1.54) is 0 Å². The number of hydrogen-bond acceptors (Lipinski definition) is 6. The lowest BCUT2D eigenvalue weighted by atomic mass is 9.81. The molecule has 1 atom stereocenters. The lowest BCUT2D eigenvalue weighted by Crippen LogP contribution is -2.53. The first-order valence-corrected chi connectivity index (χ1v) is 11.7. The molecule has 0 spiro atoms. The largest absolute Gasteiger partial charge is 0.444 e. The van der Waals surface area contributed by atoms with E-state index in [1.54, 1.807) is 6.20 Å². The second kappa shape index (κ2) is 8.41. The first-order valence-electron chi connectivity index (χ1n) is 11.7. The highest BCUT2D eigenvalue weighted by molar-refractivity contribution is 5.77. The van der Waals surface area contributed by atoms with Gasteiger partial charge in [0, 0.05) is 31.0 Å². The van der Waals surface area contributed by atoms with Crippen molar-refractivity contribution in [2.24, 2.45) is 5.92 Å². The zero-order valence-corrected chi connectivity index (χ0v) is 19.4. The van der Waals surface area contributed by atoms with Crippen LogP contribution < -0.4 is 0 Å². The Morgan fingerprint density at radius 2 is 2.03 bits per heavy atom. The maximum atomic E-state index is 12.4. The van der Waals surface area contributed by atoms with Crippen molar-refractivity contribution in [1.82, 2.24) is 24.6 Å². The number of carbonyl (C=O) groups excluding carboxylic acids is 1. The van der Waals surface area contributed by atoms with E-state index in [9.17, 15) is 9.90 Å². The maximum absolute atomic E-state index is 12.4. The molecule has 8 heteroatoms. The van der Waals surface area contributed by atoms with E-state index >= 15 is 0 Å². The molecule has 8 nitrogen and oxygen atoms in total. The van der Waals surface area contributed by atoms with Gasteiger partial charge in [-0.1, -0.05) is 6.07 Å². The minimum absolute atomic E-state index is 0.150. The molecule has 1 saturated carbocycles. The van der Waals surface area contributed by atoms with E-state index in [1.807, 2.05) is 48.8 Å². The fourth-order valence-electron chi connectivity index (χ4n) is 4.54. The molecule has 1 aliphatic carbocycles. The van der Waals surface area contributed by atoms with Crippen molar-refractivity contribution in [2.75, 3.05) is 13.2 Å². The van der Waals surface area contributed by atoms with Gasteiger partial charge in [-0.15, -0.1) is 0 Å². The van der Waals surface area contributed by atoms with Gasteiger partial charge in [0.15, 0.2) is 0 Å². The number of amides is 1. The molecule has 174 valence electrons. The second-order valence-corrected chi connectivity index (χ2v) is 10.3. The predicted octanol–water partition coefficient (Wildman–Crippen LogP) is 3.99. The molecule has 1 unspecified atom stereocenters. The van der Waals surface area contributed by atoms with Crippen molar-refractivity contribution in [2.45, 2.75) is 64.1 Å². The summed E-state index contributed by atoms with van der Waals surface area (Å²) in [5, 5.41) is 13.8. The molecule has 2 aliphatic rings. The van der Waals surface area contributed by atoms with Crippen molar-refractivity contribution in [3.05, 3.63) is 42.4 Å². The number of nitrogens with zero attached hydrogens (tertiary/aromatic N) is 5. The van der Waals surface area contributed by atoms with Crippen LogP contribution in [0.2, 0.25) is 0 Å². The fraction of sp³-hybridized carbons (Fsp3) is 0.520. The van der Waals surface area contributed by atoms with Gasteiger partial charge in [-0.25, -0.2) is 9.78 Å². The Kier molecular flexibility index (Phi) is 5.56. The summed E-state index contributed by atoms with van der Waals surface area (Å²) in [5.41, 5.74) is 4.06. The van der Waals surface area contributed by atoms with E-state index in [2.05, 4.69) is 22.2 Å². The zero-order valence-electron chi connectivity index (χ0n) is 19.4. The molecule has 2 aromatic heterocycles. The van der Waals surface area contributed by atoms with Crippen LogP contribution in [0.25, 0.3) is 22.3 Å². The number of hydrogen-bond donors (Lipinski definition) is 1. The van der Waals surface area contributed by atoms with Crippen LogP contribution in [-0.4, -0.2) is 60.6 Å². The van der Waals surface area contributed by atoms with E-state index in [0.29, 0.717) is 12.0 Å². The van der Waals surface area contributed by atoms with Crippen LogP contribution in [0, 0.1) is 5.92 Å². The minimum atomic E-state index is -0.487. The van der Waals surface area contributed by atoms with Crippen LogP contribution >= 0.6 is 0 Å². The molecule has 33 heavy (non-hydrogen) atoms. The summed E-state index contributed by atoms with van der Waals surface area (Å²) in [7, 11) is 0. The second-order valence-electron chi connectivity index (χ2n) is 10.3. The lowest BCUT2D eigenvalue weighted by molar-refractivity contribution is -0.00497. The fourth-order valence-corrected chi connectivity index (χ4v) is 4.54. The predicted molar refractivity (Wildman–Crippen MR) is 125 cm³/mol. The number of benzene rings is 1. The SMILES string of the molecule is CC(C)(C)OC(=O)N1CCC1Cc1ccc2ncc(-c3cnn(C4CC(CO)C4)c3)nc2c1.